The largest absolute Gasteiger partial charge is 0.337 e. The third kappa shape index (κ3) is 3.58. The quantitative estimate of drug-likeness (QED) is 0.896. The summed E-state index contributed by atoms with van der Waals surface area (Å²) >= 11 is 0. The van der Waals surface area contributed by atoms with E-state index in [1.54, 1.807) is 6.07 Å². The van der Waals surface area contributed by atoms with Crippen molar-refractivity contribution in [1.82, 2.24) is 10.1 Å². The Kier molecular flexibility index (Phi) is 3.63. The summed E-state index contributed by atoms with van der Waals surface area (Å²) in [6.07, 6.45) is 1.07. The fourth-order valence-corrected chi connectivity index (χ4v) is 2.32. The Labute approximate surface area is 109 Å². The molecule has 0 spiro atoms. The van der Waals surface area contributed by atoms with Crippen LogP contribution in [0.5, 0.6) is 0 Å². The van der Waals surface area contributed by atoms with E-state index in [0.717, 1.165) is 6.26 Å². The summed E-state index contributed by atoms with van der Waals surface area (Å²) in [5.41, 5.74) is 6.08. The molecule has 8 heteroatoms. The first-order valence-corrected chi connectivity index (χ1v) is 7.44. The Balaban J connectivity index is 2.24. The minimum Gasteiger partial charge on any atom is -0.337 e. The van der Waals surface area contributed by atoms with Gasteiger partial charge in [0.25, 0.3) is 0 Å². The number of hydrogen-bond donors (Lipinski definition) is 1. The molecule has 2 N–H and O–H groups in total. The lowest BCUT2D eigenvalue weighted by Gasteiger charge is -2.03. The Morgan fingerprint density at radius 1 is 1.47 bits per heavy atom. The van der Waals surface area contributed by atoms with E-state index < -0.39 is 21.7 Å². The highest BCUT2D eigenvalue weighted by Crippen LogP contribution is 2.19. The van der Waals surface area contributed by atoms with Crippen LogP contribution in [-0.4, -0.2) is 30.6 Å². The molecule has 0 aliphatic heterocycles. The summed E-state index contributed by atoms with van der Waals surface area (Å²) in [5, 5.41) is 3.65. The van der Waals surface area contributed by atoms with E-state index in [-0.39, 0.29) is 17.5 Å². The molecule has 19 heavy (non-hydrogen) atoms. The second-order valence-corrected chi connectivity index (χ2v) is 6.35. The van der Waals surface area contributed by atoms with Crippen molar-refractivity contribution in [2.45, 2.75) is 6.04 Å². The fourth-order valence-electron chi connectivity index (χ4n) is 1.53. The molecule has 1 atom stereocenters. The smallest absolute Gasteiger partial charge is 0.244 e. The monoisotopic (exact) mass is 285 g/mol. The van der Waals surface area contributed by atoms with Gasteiger partial charge in [-0.15, -0.1) is 0 Å². The molecule has 1 aromatic carbocycles. The van der Waals surface area contributed by atoms with E-state index in [4.69, 9.17) is 10.3 Å². The van der Waals surface area contributed by atoms with Crippen LogP contribution in [0.3, 0.4) is 0 Å². The van der Waals surface area contributed by atoms with Gasteiger partial charge >= 0.3 is 0 Å². The second-order valence-electron chi connectivity index (χ2n) is 4.17. The molecule has 2 aromatic rings. The number of benzene rings is 1. The molecule has 1 aromatic heterocycles. The molecule has 102 valence electrons. The zero-order valence-corrected chi connectivity index (χ0v) is 10.9. The molecule has 0 aliphatic rings. The zero-order valence-electron chi connectivity index (χ0n) is 10.1. The van der Waals surface area contributed by atoms with Crippen molar-refractivity contribution in [2.75, 3.05) is 12.0 Å². The highest BCUT2D eigenvalue weighted by Gasteiger charge is 2.20. The average Bonchev–Trinajstić information content (AvgIpc) is 2.75. The van der Waals surface area contributed by atoms with Crippen molar-refractivity contribution >= 4 is 9.84 Å². The van der Waals surface area contributed by atoms with Crippen LogP contribution in [0.4, 0.5) is 4.39 Å². The lowest BCUT2D eigenvalue weighted by atomic mass is 10.2. The summed E-state index contributed by atoms with van der Waals surface area (Å²) < 4.78 is 40.2. The van der Waals surface area contributed by atoms with Gasteiger partial charge in [-0.05, 0) is 12.1 Å². The zero-order chi connectivity index (χ0) is 14.0. The molecule has 0 bridgehead atoms. The fraction of sp³-hybridized carbons (Fsp3) is 0.273. The minimum atomic E-state index is -3.25. The van der Waals surface area contributed by atoms with Crippen LogP contribution < -0.4 is 5.73 Å². The van der Waals surface area contributed by atoms with Gasteiger partial charge in [-0.2, -0.15) is 4.98 Å². The maximum absolute atomic E-state index is 13.1. The second kappa shape index (κ2) is 5.06. The third-order valence-electron chi connectivity index (χ3n) is 2.32. The molecule has 0 radical (unpaired) electrons. The van der Waals surface area contributed by atoms with Crippen molar-refractivity contribution in [3.8, 4) is 11.4 Å². The van der Waals surface area contributed by atoms with Crippen LogP contribution >= 0.6 is 0 Å². The van der Waals surface area contributed by atoms with E-state index in [9.17, 15) is 12.8 Å². The van der Waals surface area contributed by atoms with Crippen LogP contribution in [0, 0.1) is 5.82 Å². The predicted molar refractivity (Wildman–Crippen MR) is 66.3 cm³/mol. The number of hydrogen-bond acceptors (Lipinski definition) is 6. The van der Waals surface area contributed by atoms with Crippen LogP contribution in [0.2, 0.25) is 0 Å². The number of sulfone groups is 1. The topological polar surface area (TPSA) is 99.1 Å². The number of nitrogens with zero attached hydrogens (tertiary/aromatic N) is 2. The Hall–Kier alpha value is -1.80. The van der Waals surface area contributed by atoms with E-state index in [2.05, 4.69) is 10.1 Å². The maximum atomic E-state index is 13.1. The first-order valence-electron chi connectivity index (χ1n) is 5.38. The van der Waals surface area contributed by atoms with Gasteiger partial charge in [-0.25, -0.2) is 12.8 Å². The molecule has 6 nitrogen and oxygen atoms in total. The van der Waals surface area contributed by atoms with E-state index >= 15 is 0 Å². The van der Waals surface area contributed by atoms with Crippen molar-refractivity contribution in [3.05, 3.63) is 36.0 Å². The summed E-state index contributed by atoms with van der Waals surface area (Å²) in [6.45, 7) is 0. The van der Waals surface area contributed by atoms with Crippen LogP contribution in [0.25, 0.3) is 11.4 Å². The molecule has 0 fully saturated rings. The highest BCUT2D eigenvalue weighted by atomic mass is 32.2. The molecular weight excluding hydrogens is 273 g/mol. The first kappa shape index (κ1) is 13.6. The number of halogens is 1. The number of aromatic nitrogens is 2. The minimum absolute atomic E-state index is 0.00434. The summed E-state index contributed by atoms with van der Waals surface area (Å²) in [7, 11) is -3.25. The molecule has 2 rings (SSSR count). The van der Waals surface area contributed by atoms with Gasteiger partial charge in [0.2, 0.25) is 11.7 Å². The standard InChI is InChI=1S/C11H12FN3O3S/c1-19(16,17)6-9(13)11-14-10(15-18-11)7-3-2-4-8(12)5-7/h2-5,9H,6,13H2,1H3. The van der Waals surface area contributed by atoms with Gasteiger partial charge in [0.1, 0.15) is 15.7 Å². The predicted octanol–water partition coefficient (Wildman–Crippen LogP) is 0.920. The molecule has 0 aliphatic carbocycles. The first-order chi connectivity index (χ1) is 8.85. The van der Waals surface area contributed by atoms with Gasteiger partial charge in [0.15, 0.2) is 0 Å². The highest BCUT2D eigenvalue weighted by molar-refractivity contribution is 7.90. The van der Waals surface area contributed by atoms with E-state index in [1.165, 1.54) is 18.2 Å². The molecular formula is C11H12FN3O3S. The van der Waals surface area contributed by atoms with Gasteiger partial charge in [-0.1, -0.05) is 17.3 Å². The lowest BCUT2D eigenvalue weighted by Crippen LogP contribution is -2.21. The Bertz CT molecular complexity index is 684. The molecule has 1 heterocycles. The summed E-state index contributed by atoms with van der Waals surface area (Å²) in [4.78, 5) is 3.97. The van der Waals surface area contributed by atoms with Crippen molar-refractivity contribution in [2.24, 2.45) is 5.73 Å². The van der Waals surface area contributed by atoms with Gasteiger partial charge < -0.3 is 10.3 Å². The van der Waals surface area contributed by atoms with Gasteiger partial charge in [0, 0.05) is 11.8 Å². The van der Waals surface area contributed by atoms with Gasteiger partial charge in [0.05, 0.1) is 11.8 Å². The molecule has 0 saturated carbocycles. The summed E-state index contributed by atoms with van der Waals surface area (Å²) in [5.74, 6) is -0.551. The normalized spacial score (nSPS) is 13.4. The van der Waals surface area contributed by atoms with Crippen LogP contribution in [-0.2, 0) is 9.84 Å². The Morgan fingerprint density at radius 2 is 2.21 bits per heavy atom. The molecule has 0 amide bonds. The van der Waals surface area contributed by atoms with Crippen LogP contribution in [0.1, 0.15) is 11.9 Å². The Morgan fingerprint density at radius 3 is 2.84 bits per heavy atom. The van der Waals surface area contributed by atoms with Crippen molar-refractivity contribution < 1.29 is 17.3 Å². The van der Waals surface area contributed by atoms with Crippen LogP contribution in [0.15, 0.2) is 28.8 Å². The molecule has 0 saturated heterocycles. The van der Waals surface area contributed by atoms with Gasteiger partial charge in [-0.3, -0.25) is 0 Å². The van der Waals surface area contributed by atoms with Crippen molar-refractivity contribution in [1.29, 1.82) is 0 Å². The number of rotatable bonds is 4. The number of nitrogens with two attached hydrogens (primary N) is 1. The third-order valence-corrected chi connectivity index (χ3v) is 3.29. The van der Waals surface area contributed by atoms with E-state index in [0.29, 0.717) is 5.56 Å². The summed E-state index contributed by atoms with van der Waals surface area (Å²) in [6, 6.07) is 4.76. The average molecular weight is 285 g/mol. The maximum Gasteiger partial charge on any atom is 0.244 e. The SMILES string of the molecule is CS(=O)(=O)CC(N)c1nc(-c2cccc(F)c2)no1. The van der Waals surface area contributed by atoms with Crippen molar-refractivity contribution in [3.63, 3.8) is 0 Å². The van der Waals surface area contributed by atoms with E-state index in [1.807, 2.05) is 0 Å². The molecule has 1 unspecified atom stereocenters. The lowest BCUT2D eigenvalue weighted by molar-refractivity contribution is 0.362.